The van der Waals surface area contributed by atoms with Gasteiger partial charge in [0.2, 0.25) is 5.91 Å². The third-order valence-electron chi connectivity index (χ3n) is 7.49. The maximum atomic E-state index is 14.2. The van der Waals surface area contributed by atoms with Crippen LogP contribution in [0.2, 0.25) is 0 Å². The Morgan fingerprint density at radius 3 is 2.54 bits per heavy atom. The highest BCUT2D eigenvalue weighted by Gasteiger charge is 2.37. The van der Waals surface area contributed by atoms with Gasteiger partial charge in [-0.2, -0.15) is 0 Å². The van der Waals surface area contributed by atoms with Crippen molar-refractivity contribution < 1.29 is 19.1 Å². The van der Waals surface area contributed by atoms with Gasteiger partial charge in [0.15, 0.2) is 5.82 Å². The van der Waals surface area contributed by atoms with Gasteiger partial charge in [-0.15, -0.1) is 24.8 Å². The normalized spacial score (nSPS) is 19.1. The molecule has 0 bridgehead atoms. The molecule has 1 N–H and O–H groups in total. The summed E-state index contributed by atoms with van der Waals surface area (Å²) in [6, 6.07) is 5.75. The van der Waals surface area contributed by atoms with E-state index in [9.17, 15) is 9.59 Å². The topological polar surface area (TPSA) is 88.9 Å². The molecule has 9 nitrogen and oxygen atoms in total. The second-order valence-corrected chi connectivity index (χ2v) is 10.7. The number of piperidine rings is 1. The number of hydrogen-bond donors (Lipinski definition) is 1. The minimum atomic E-state index is -0.104. The number of unbranched alkanes of at least 4 members (excludes halogenated alkanes) is 1. The molecule has 0 spiro atoms. The Balaban J connectivity index is 0.00000267. The number of carbonyl (C=O) groups is 2. The first-order valence-corrected chi connectivity index (χ1v) is 13.8. The Kier molecular flexibility index (Phi) is 13.3. The number of nitrogens with one attached hydrogen (secondary N) is 1. The molecule has 2 aliphatic heterocycles. The average Bonchev–Trinajstić information content (AvgIpc) is 3.57. The number of rotatable bonds is 11. The number of aryl methyl sites for hydroxylation is 1. The van der Waals surface area contributed by atoms with Crippen LogP contribution in [-0.2, 0) is 16.1 Å². The van der Waals surface area contributed by atoms with E-state index in [4.69, 9.17) is 14.5 Å². The molecule has 1 aromatic carbocycles. The van der Waals surface area contributed by atoms with E-state index in [0.717, 1.165) is 44.3 Å². The van der Waals surface area contributed by atoms with E-state index in [0.29, 0.717) is 56.3 Å². The van der Waals surface area contributed by atoms with Gasteiger partial charge in [-0.25, -0.2) is 4.98 Å². The van der Waals surface area contributed by atoms with Crippen molar-refractivity contribution in [1.82, 2.24) is 24.7 Å². The Labute approximate surface area is 244 Å². The number of methoxy groups -OCH3 is 2. The molecule has 2 aromatic rings. The summed E-state index contributed by atoms with van der Waals surface area (Å²) in [5, 5.41) is 3.45. The van der Waals surface area contributed by atoms with Crippen LogP contribution in [0.25, 0.3) is 11.0 Å². The Bertz CT molecular complexity index is 1070. The van der Waals surface area contributed by atoms with Crippen LogP contribution >= 0.6 is 24.8 Å². The summed E-state index contributed by atoms with van der Waals surface area (Å²) < 4.78 is 12.8. The molecule has 2 amide bonds. The van der Waals surface area contributed by atoms with Crippen LogP contribution in [0.4, 0.5) is 0 Å². The zero-order valence-electron chi connectivity index (χ0n) is 23.7. The number of amides is 2. The van der Waals surface area contributed by atoms with Crippen molar-refractivity contribution in [2.24, 2.45) is 11.8 Å². The molecule has 1 unspecified atom stereocenters. The van der Waals surface area contributed by atoms with Gasteiger partial charge in [-0.3, -0.25) is 9.59 Å². The average molecular weight is 587 g/mol. The number of ether oxygens (including phenoxy) is 2. The summed E-state index contributed by atoms with van der Waals surface area (Å²) >= 11 is 0. The first kappa shape index (κ1) is 33.1. The van der Waals surface area contributed by atoms with Gasteiger partial charge in [-0.1, -0.05) is 19.9 Å². The monoisotopic (exact) mass is 585 g/mol. The maximum absolute atomic E-state index is 14.2. The van der Waals surface area contributed by atoms with Gasteiger partial charge in [0.1, 0.15) is 11.3 Å². The van der Waals surface area contributed by atoms with E-state index < -0.39 is 0 Å². The molecule has 2 fully saturated rings. The van der Waals surface area contributed by atoms with Crippen molar-refractivity contribution in [2.45, 2.75) is 58.5 Å². The number of carbonyl (C=O) groups excluding carboxylic acids is 2. The van der Waals surface area contributed by atoms with Gasteiger partial charge in [0, 0.05) is 59.0 Å². The van der Waals surface area contributed by atoms with Crippen molar-refractivity contribution in [2.75, 3.05) is 53.6 Å². The van der Waals surface area contributed by atoms with E-state index >= 15 is 0 Å². The fourth-order valence-electron chi connectivity index (χ4n) is 5.65. The molecular formula is C28H45Cl2N5O4. The van der Waals surface area contributed by atoms with E-state index in [1.54, 1.807) is 14.2 Å². The second kappa shape index (κ2) is 15.6. The number of aromatic nitrogens is 2. The summed E-state index contributed by atoms with van der Waals surface area (Å²) in [7, 11) is 3.33. The predicted molar refractivity (Wildman–Crippen MR) is 158 cm³/mol. The molecule has 11 heteroatoms. The number of imidazole rings is 1. The minimum absolute atomic E-state index is 0. The first-order valence-electron chi connectivity index (χ1n) is 13.8. The highest BCUT2D eigenvalue weighted by molar-refractivity contribution is 5.96. The number of nitrogens with zero attached hydrogens (tertiary/aromatic N) is 4. The third kappa shape index (κ3) is 7.78. The lowest BCUT2D eigenvalue weighted by molar-refractivity contribution is -0.135. The zero-order valence-corrected chi connectivity index (χ0v) is 25.3. The van der Waals surface area contributed by atoms with Crippen LogP contribution < -0.4 is 10.1 Å². The number of likely N-dealkylation sites (tertiary alicyclic amines) is 1. The molecule has 2 saturated heterocycles. The van der Waals surface area contributed by atoms with Crippen molar-refractivity contribution in [1.29, 1.82) is 0 Å². The fourth-order valence-corrected chi connectivity index (χ4v) is 5.65. The predicted octanol–water partition coefficient (Wildman–Crippen LogP) is 4.01. The number of benzene rings is 1. The number of para-hydroxylation sites is 1. The number of halogens is 2. The van der Waals surface area contributed by atoms with Crippen LogP contribution in [0.5, 0.6) is 5.75 Å². The molecule has 1 aromatic heterocycles. The van der Waals surface area contributed by atoms with E-state index in [1.807, 2.05) is 32.6 Å². The van der Waals surface area contributed by atoms with Crippen molar-refractivity contribution in [3.8, 4) is 5.75 Å². The molecular weight excluding hydrogens is 541 g/mol. The van der Waals surface area contributed by atoms with Gasteiger partial charge >= 0.3 is 0 Å². The Morgan fingerprint density at radius 1 is 1.13 bits per heavy atom. The van der Waals surface area contributed by atoms with Crippen LogP contribution in [0.15, 0.2) is 18.2 Å². The van der Waals surface area contributed by atoms with Crippen molar-refractivity contribution >= 4 is 47.7 Å². The standard InChI is InChI=1S/C28H43N5O4.2ClH/c1-20(2)19-33(22-16-21(17-29-18-22)27(34)31-12-5-6-13-31)28(35)26-30-25-23(10-9-11-24(25)37-4)32(26)14-7-8-15-36-3;;/h9-11,20-22,29H,5-8,12-19H2,1-4H3;2*1H/t21-,22?;;/m1../s1. The maximum Gasteiger partial charge on any atom is 0.290 e. The first-order chi connectivity index (χ1) is 17.9. The molecule has 0 saturated carbocycles. The summed E-state index contributed by atoms with van der Waals surface area (Å²) in [5.41, 5.74) is 1.60. The lowest BCUT2D eigenvalue weighted by Crippen LogP contribution is -2.55. The number of fused-ring (bicyclic) bond motifs is 1. The van der Waals surface area contributed by atoms with Gasteiger partial charge in [0.25, 0.3) is 5.91 Å². The van der Waals surface area contributed by atoms with Gasteiger partial charge in [-0.05, 0) is 50.2 Å². The van der Waals surface area contributed by atoms with Crippen LogP contribution in [0.3, 0.4) is 0 Å². The fraction of sp³-hybridized carbons (Fsp3) is 0.679. The largest absolute Gasteiger partial charge is 0.494 e. The summed E-state index contributed by atoms with van der Waals surface area (Å²) in [6.45, 7) is 9.26. The van der Waals surface area contributed by atoms with Crippen LogP contribution in [-0.4, -0.2) is 90.8 Å². The summed E-state index contributed by atoms with van der Waals surface area (Å²) in [6.07, 6.45) is 4.61. The minimum Gasteiger partial charge on any atom is -0.494 e. The smallest absolute Gasteiger partial charge is 0.290 e. The van der Waals surface area contributed by atoms with Crippen molar-refractivity contribution in [3.05, 3.63) is 24.0 Å². The molecule has 3 heterocycles. The Morgan fingerprint density at radius 2 is 1.87 bits per heavy atom. The van der Waals surface area contributed by atoms with Crippen LogP contribution in [0.1, 0.15) is 56.6 Å². The quantitative estimate of drug-likeness (QED) is 0.401. The van der Waals surface area contributed by atoms with E-state index in [-0.39, 0.29) is 54.5 Å². The lowest BCUT2D eigenvalue weighted by atomic mass is 9.92. The van der Waals surface area contributed by atoms with E-state index in [1.165, 1.54) is 0 Å². The molecule has 4 rings (SSSR count). The molecule has 220 valence electrons. The van der Waals surface area contributed by atoms with Crippen LogP contribution in [0, 0.1) is 11.8 Å². The molecule has 2 atom stereocenters. The second-order valence-electron chi connectivity index (χ2n) is 10.7. The molecule has 0 radical (unpaired) electrons. The highest BCUT2D eigenvalue weighted by Crippen LogP contribution is 2.28. The number of hydrogen-bond acceptors (Lipinski definition) is 6. The molecule has 0 aliphatic carbocycles. The highest BCUT2D eigenvalue weighted by atomic mass is 35.5. The summed E-state index contributed by atoms with van der Waals surface area (Å²) in [5.74, 6) is 1.42. The van der Waals surface area contributed by atoms with Gasteiger partial charge in [0.05, 0.1) is 18.5 Å². The molecule has 39 heavy (non-hydrogen) atoms. The lowest BCUT2D eigenvalue weighted by Gasteiger charge is -2.39. The molecule has 2 aliphatic rings. The van der Waals surface area contributed by atoms with E-state index in [2.05, 4.69) is 19.2 Å². The van der Waals surface area contributed by atoms with Crippen molar-refractivity contribution in [3.63, 3.8) is 0 Å². The third-order valence-corrected chi connectivity index (χ3v) is 7.49. The van der Waals surface area contributed by atoms with Gasteiger partial charge < -0.3 is 29.2 Å². The summed E-state index contributed by atoms with van der Waals surface area (Å²) in [4.78, 5) is 36.2. The SMILES string of the molecule is COCCCCn1c(C(=O)N(CC(C)C)C2CNC[C@H](C(=O)N3CCCC3)C2)nc2c(OC)cccc21.Cl.Cl. The zero-order chi connectivity index (χ0) is 26.4. The Hall–Kier alpha value is -2.07.